The van der Waals surface area contributed by atoms with E-state index in [9.17, 15) is 13.6 Å². The SMILES string of the molecule is Cc1nn(-c2ccccc2)c(Cl)c1C(=O)Nc1ccccc1OC(F)F. The molecule has 0 spiro atoms. The van der Waals surface area contributed by atoms with E-state index in [2.05, 4.69) is 15.2 Å². The largest absolute Gasteiger partial charge is 0.433 e. The van der Waals surface area contributed by atoms with Crippen LogP contribution in [0.1, 0.15) is 16.1 Å². The Labute approximate surface area is 153 Å². The standard InChI is InChI=1S/C18H14ClF2N3O2/c1-11-15(16(19)24(23-11)12-7-3-2-4-8-12)17(25)22-13-9-5-6-10-14(13)26-18(20)21/h2-10,18H,1H3,(H,22,25). The first-order chi connectivity index (χ1) is 12.5. The predicted molar refractivity (Wildman–Crippen MR) is 94.3 cm³/mol. The second kappa shape index (κ2) is 7.53. The quantitative estimate of drug-likeness (QED) is 0.702. The van der Waals surface area contributed by atoms with Gasteiger partial charge in [0, 0.05) is 0 Å². The molecule has 0 aliphatic carbocycles. The topological polar surface area (TPSA) is 56.2 Å². The molecule has 134 valence electrons. The molecule has 1 heterocycles. The Morgan fingerprint density at radius 1 is 1.15 bits per heavy atom. The van der Waals surface area contributed by atoms with Crippen LogP contribution in [0, 0.1) is 6.92 Å². The third-order valence-corrected chi connectivity index (χ3v) is 3.93. The number of hydrogen-bond acceptors (Lipinski definition) is 3. The van der Waals surface area contributed by atoms with Gasteiger partial charge in [0.05, 0.1) is 17.1 Å². The van der Waals surface area contributed by atoms with Gasteiger partial charge in [-0.2, -0.15) is 13.9 Å². The van der Waals surface area contributed by atoms with Crippen molar-refractivity contribution < 1.29 is 18.3 Å². The molecule has 2 aromatic carbocycles. The molecule has 0 atom stereocenters. The Morgan fingerprint density at radius 3 is 2.50 bits per heavy atom. The molecule has 3 rings (SSSR count). The third-order valence-electron chi connectivity index (χ3n) is 3.58. The van der Waals surface area contributed by atoms with Crippen molar-refractivity contribution in [1.29, 1.82) is 0 Å². The van der Waals surface area contributed by atoms with Crippen molar-refractivity contribution in [1.82, 2.24) is 9.78 Å². The fraction of sp³-hybridized carbons (Fsp3) is 0.111. The zero-order chi connectivity index (χ0) is 18.7. The Kier molecular flexibility index (Phi) is 5.18. The Hall–Kier alpha value is -2.93. The van der Waals surface area contributed by atoms with Crippen molar-refractivity contribution in [3.05, 3.63) is 71.0 Å². The molecule has 0 bridgehead atoms. The molecule has 3 aromatic rings. The highest BCUT2D eigenvalue weighted by atomic mass is 35.5. The molecule has 26 heavy (non-hydrogen) atoms. The van der Waals surface area contributed by atoms with E-state index in [0.717, 1.165) is 0 Å². The molecule has 0 saturated heterocycles. The maximum absolute atomic E-state index is 12.6. The second-order valence-electron chi connectivity index (χ2n) is 5.33. The van der Waals surface area contributed by atoms with E-state index >= 15 is 0 Å². The van der Waals surface area contributed by atoms with Gasteiger partial charge in [-0.15, -0.1) is 0 Å². The summed E-state index contributed by atoms with van der Waals surface area (Å²) in [5.74, 6) is -0.708. The highest BCUT2D eigenvalue weighted by Crippen LogP contribution is 2.28. The van der Waals surface area contributed by atoms with Crippen LogP contribution in [0.4, 0.5) is 14.5 Å². The molecule has 0 fully saturated rings. The summed E-state index contributed by atoms with van der Waals surface area (Å²) in [5.41, 5.74) is 1.37. The van der Waals surface area contributed by atoms with E-state index in [1.54, 1.807) is 25.1 Å². The minimum atomic E-state index is -3.00. The average molecular weight is 378 g/mol. The molecule has 0 aliphatic rings. The van der Waals surface area contributed by atoms with Crippen molar-refractivity contribution in [2.24, 2.45) is 0 Å². The summed E-state index contributed by atoms with van der Waals surface area (Å²) in [6.45, 7) is -1.36. The van der Waals surface area contributed by atoms with Crippen molar-refractivity contribution in [2.75, 3.05) is 5.32 Å². The molecule has 1 N–H and O–H groups in total. The summed E-state index contributed by atoms with van der Waals surface area (Å²) in [4.78, 5) is 12.6. The fourth-order valence-electron chi connectivity index (χ4n) is 2.45. The fourth-order valence-corrected chi connectivity index (χ4v) is 2.81. The van der Waals surface area contributed by atoms with Crippen molar-refractivity contribution in [3.63, 3.8) is 0 Å². The molecule has 1 amide bonds. The van der Waals surface area contributed by atoms with Gasteiger partial charge in [-0.25, -0.2) is 4.68 Å². The molecule has 0 saturated carbocycles. The monoisotopic (exact) mass is 377 g/mol. The summed E-state index contributed by atoms with van der Waals surface area (Å²) in [6.07, 6.45) is 0. The number of carbonyl (C=O) groups is 1. The third kappa shape index (κ3) is 3.67. The van der Waals surface area contributed by atoms with Gasteiger partial charge in [-0.3, -0.25) is 4.79 Å². The maximum Gasteiger partial charge on any atom is 0.387 e. The average Bonchev–Trinajstić information content (AvgIpc) is 2.91. The van der Waals surface area contributed by atoms with E-state index in [1.165, 1.54) is 22.9 Å². The van der Waals surface area contributed by atoms with Crippen LogP contribution in [0.2, 0.25) is 5.15 Å². The second-order valence-corrected chi connectivity index (χ2v) is 5.69. The van der Waals surface area contributed by atoms with Crippen LogP contribution in [0.3, 0.4) is 0 Å². The number of nitrogens with zero attached hydrogens (tertiary/aromatic N) is 2. The van der Waals surface area contributed by atoms with Gasteiger partial charge in [0.2, 0.25) is 0 Å². The van der Waals surface area contributed by atoms with Gasteiger partial charge in [-0.1, -0.05) is 41.9 Å². The van der Waals surface area contributed by atoms with Crippen LogP contribution in [-0.4, -0.2) is 22.3 Å². The number of anilines is 1. The molecule has 0 unspecified atom stereocenters. The number of rotatable bonds is 5. The van der Waals surface area contributed by atoms with E-state index in [4.69, 9.17) is 11.6 Å². The van der Waals surface area contributed by atoms with E-state index in [1.807, 2.05) is 18.2 Å². The number of aromatic nitrogens is 2. The van der Waals surface area contributed by atoms with Gasteiger partial charge >= 0.3 is 6.61 Å². The first-order valence-corrected chi connectivity index (χ1v) is 8.01. The van der Waals surface area contributed by atoms with Crippen molar-refractivity contribution in [2.45, 2.75) is 13.5 Å². The number of alkyl halides is 2. The number of hydrogen-bond donors (Lipinski definition) is 1. The normalized spacial score (nSPS) is 10.8. The number of para-hydroxylation sites is 3. The molecular weight excluding hydrogens is 364 g/mol. The van der Waals surface area contributed by atoms with Crippen molar-refractivity contribution >= 4 is 23.2 Å². The number of carbonyl (C=O) groups excluding carboxylic acids is 1. The lowest BCUT2D eigenvalue weighted by atomic mass is 10.2. The number of nitrogens with one attached hydrogen (secondary N) is 1. The van der Waals surface area contributed by atoms with Gasteiger partial charge in [0.25, 0.3) is 5.91 Å². The summed E-state index contributed by atoms with van der Waals surface area (Å²) >= 11 is 6.34. The lowest BCUT2D eigenvalue weighted by molar-refractivity contribution is -0.0493. The van der Waals surface area contributed by atoms with Gasteiger partial charge < -0.3 is 10.1 Å². The van der Waals surface area contributed by atoms with Crippen LogP contribution in [-0.2, 0) is 0 Å². The summed E-state index contributed by atoms with van der Waals surface area (Å²) in [7, 11) is 0. The first-order valence-electron chi connectivity index (χ1n) is 7.63. The van der Waals surface area contributed by atoms with Crippen LogP contribution in [0.25, 0.3) is 5.69 Å². The maximum atomic E-state index is 12.6. The molecule has 8 heteroatoms. The minimum absolute atomic E-state index is 0.112. The highest BCUT2D eigenvalue weighted by Gasteiger charge is 2.22. The van der Waals surface area contributed by atoms with Gasteiger partial charge in [-0.05, 0) is 31.2 Å². The zero-order valence-electron chi connectivity index (χ0n) is 13.6. The Balaban J connectivity index is 1.91. The van der Waals surface area contributed by atoms with E-state index in [-0.39, 0.29) is 22.2 Å². The van der Waals surface area contributed by atoms with E-state index < -0.39 is 12.5 Å². The Bertz CT molecular complexity index is 929. The van der Waals surface area contributed by atoms with Crippen LogP contribution in [0.15, 0.2) is 54.6 Å². The van der Waals surface area contributed by atoms with Crippen molar-refractivity contribution in [3.8, 4) is 11.4 Å². The van der Waals surface area contributed by atoms with Crippen LogP contribution >= 0.6 is 11.6 Å². The molecular formula is C18H14ClF2N3O2. The predicted octanol–water partition coefficient (Wildman–Crippen LogP) is 4.69. The molecule has 5 nitrogen and oxygen atoms in total. The number of ether oxygens (including phenoxy) is 1. The first kappa shape index (κ1) is 17.9. The molecule has 1 aromatic heterocycles. The van der Waals surface area contributed by atoms with Gasteiger partial charge in [0.1, 0.15) is 16.5 Å². The highest BCUT2D eigenvalue weighted by molar-refractivity contribution is 6.34. The summed E-state index contributed by atoms with van der Waals surface area (Å²) < 4.78 is 30.9. The lowest BCUT2D eigenvalue weighted by Gasteiger charge is -2.11. The number of aryl methyl sites for hydroxylation is 1. The summed E-state index contributed by atoms with van der Waals surface area (Å²) in [6, 6.07) is 15.0. The van der Waals surface area contributed by atoms with Crippen LogP contribution < -0.4 is 10.1 Å². The minimum Gasteiger partial charge on any atom is -0.433 e. The lowest BCUT2D eigenvalue weighted by Crippen LogP contribution is -2.15. The van der Waals surface area contributed by atoms with Gasteiger partial charge in [0.15, 0.2) is 0 Å². The number of halogens is 3. The number of benzene rings is 2. The Morgan fingerprint density at radius 2 is 1.81 bits per heavy atom. The van der Waals surface area contributed by atoms with Crippen LogP contribution in [0.5, 0.6) is 5.75 Å². The summed E-state index contributed by atoms with van der Waals surface area (Å²) in [5, 5.41) is 6.95. The molecule has 0 aliphatic heterocycles. The smallest absolute Gasteiger partial charge is 0.387 e. The molecule has 0 radical (unpaired) electrons. The zero-order valence-corrected chi connectivity index (χ0v) is 14.4. The van der Waals surface area contributed by atoms with E-state index in [0.29, 0.717) is 11.4 Å². The number of amides is 1.